The molecule has 0 bridgehead atoms. The monoisotopic (exact) mass is 312 g/mol. The Morgan fingerprint density at radius 1 is 1.35 bits per heavy atom. The lowest BCUT2D eigenvalue weighted by atomic mass is 9.98. The summed E-state index contributed by atoms with van der Waals surface area (Å²) in [6, 6.07) is 6.56. The highest BCUT2D eigenvalue weighted by Gasteiger charge is 2.24. The number of hydrogen-bond acceptors (Lipinski definition) is 3. The third-order valence-corrected chi connectivity index (χ3v) is 4.50. The Hall–Kier alpha value is -2.17. The van der Waals surface area contributed by atoms with Gasteiger partial charge in [0.1, 0.15) is 0 Å². The van der Waals surface area contributed by atoms with E-state index in [0.717, 1.165) is 37.3 Å². The first-order valence-corrected chi connectivity index (χ1v) is 8.29. The summed E-state index contributed by atoms with van der Waals surface area (Å²) in [5.41, 5.74) is 3.30. The minimum absolute atomic E-state index is 0.184. The van der Waals surface area contributed by atoms with Gasteiger partial charge in [-0.25, -0.2) is 0 Å². The molecule has 0 aromatic carbocycles. The van der Waals surface area contributed by atoms with Gasteiger partial charge in [0.25, 0.3) is 0 Å². The standard InChI is InChI=1S/C18H24N4O/c1-13(2)22-18(5-8-20-22)17-11-15(4-7-19-17)10-16-6-9-21(12-16)14(3)23/h4-5,7-8,11,13,16H,6,9-10,12H2,1-3H3/t16-/m0/s1. The average Bonchev–Trinajstić information content (AvgIpc) is 3.16. The molecule has 2 aromatic heterocycles. The van der Waals surface area contributed by atoms with Gasteiger partial charge in [0.05, 0.1) is 11.4 Å². The van der Waals surface area contributed by atoms with Crippen LogP contribution in [-0.4, -0.2) is 38.7 Å². The molecule has 122 valence electrons. The van der Waals surface area contributed by atoms with Gasteiger partial charge in [0.2, 0.25) is 5.91 Å². The van der Waals surface area contributed by atoms with Crippen LogP contribution in [0.5, 0.6) is 0 Å². The molecule has 1 aliphatic rings. The number of carbonyl (C=O) groups is 1. The van der Waals surface area contributed by atoms with Crippen molar-refractivity contribution in [1.82, 2.24) is 19.7 Å². The van der Waals surface area contributed by atoms with Gasteiger partial charge >= 0.3 is 0 Å². The lowest BCUT2D eigenvalue weighted by molar-refractivity contribution is -0.127. The van der Waals surface area contributed by atoms with Gasteiger partial charge in [0, 0.05) is 38.4 Å². The lowest BCUT2D eigenvalue weighted by Gasteiger charge is -2.14. The molecule has 1 saturated heterocycles. The second kappa shape index (κ2) is 6.52. The van der Waals surface area contributed by atoms with Crippen LogP contribution in [0.2, 0.25) is 0 Å². The van der Waals surface area contributed by atoms with Gasteiger partial charge in [-0.1, -0.05) is 0 Å². The normalized spacial score (nSPS) is 17.9. The van der Waals surface area contributed by atoms with Gasteiger partial charge in [-0.15, -0.1) is 0 Å². The number of aromatic nitrogens is 3. The average molecular weight is 312 g/mol. The van der Waals surface area contributed by atoms with Crippen LogP contribution in [0.3, 0.4) is 0 Å². The Kier molecular flexibility index (Phi) is 4.46. The highest BCUT2D eigenvalue weighted by molar-refractivity contribution is 5.73. The van der Waals surface area contributed by atoms with Crippen LogP contribution in [-0.2, 0) is 11.2 Å². The summed E-state index contributed by atoms with van der Waals surface area (Å²) in [7, 11) is 0. The fourth-order valence-electron chi connectivity index (χ4n) is 3.29. The van der Waals surface area contributed by atoms with Gasteiger partial charge in [0.15, 0.2) is 0 Å². The molecule has 0 radical (unpaired) electrons. The minimum atomic E-state index is 0.184. The van der Waals surface area contributed by atoms with Crippen LogP contribution in [0.4, 0.5) is 0 Å². The Bertz CT molecular complexity index is 692. The molecule has 0 N–H and O–H groups in total. The van der Waals surface area contributed by atoms with E-state index >= 15 is 0 Å². The van der Waals surface area contributed by atoms with Gasteiger partial charge in [-0.2, -0.15) is 5.10 Å². The van der Waals surface area contributed by atoms with Crippen LogP contribution >= 0.6 is 0 Å². The van der Waals surface area contributed by atoms with Gasteiger partial charge in [-0.3, -0.25) is 14.5 Å². The lowest BCUT2D eigenvalue weighted by Crippen LogP contribution is -2.26. The molecule has 1 aliphatic heterocycles. The maximum absolute atomic E-state index is 11.5. The molecule has 5 nitrogen and oxygen atoms in total. The molecule has 0 spiro atoms. The van der Waals surface area contributed by atoms with Gasteiger partial charge < -0.3 is 4.90 Å². The molecular weight excluding hydrogens is 288 g/mol. The number of amides is 1. The van der Waals surface area contributed by atoms with Crippen molar-refractivity contribution in [2.75, 3.05) is 13.1 Å². The minimum Gasteiger partial charge on any atom is -0.343 e. The Morgan fingerprint density at radius 3 is 2.87 bits per heavy atom. The molecule has 1 atom stereocenters. The summed E-state index contributed by atoms with van der Waals surface area (Å²) >= 11 is 0. The summed E-state index contributed by atoms with van der Waals surface area (Å²) in [6.07, 6.45) is 5.78. The third-order valence-electron chi connectivity index (χ3n) is 4.50. The molecule has 0 saturated carbocycles. The first-order valence-electron chi connectivity index (χ1n) is 8.29. The molecule has 23 heavy (non-hydrogen) atoms. The number of hydrogen-bond donors (Lipinski definition) is 0. The molecule has 0 aliphatic carbocycles. The van der Waals surface area contributed by atoms with Crippen molar-refractivity contribution in [3.05, 3.63) is 36.2 Å². The van der Waals surface area contributed by atoms with Crippen LogP contribution in [0.15, 0.2) is 30.6 Å². The number of pyridine rings is 1. The van der Waals surface area contributed by atoms with Crippen molar-refractivity contribution in [2.45, 2.75) is 39.7 Å². The molecule has 5 heteroatoms. The highest BCUT2D eigenvalue weighted by atomic mass is 16.2. The zero-order valence-electron chi connectivity index (χ0n) is 14.1. The summed E-state index contributed by atoms with van der Waals surface area (Å²) in [6.45, 7) is 7.65. The molecule has 3 rings (SSSR count). The molecule has 2 aromatic rings. The predicted molar refractivity (Wildman–Crippen MR) is 89.9 cm³/mol. The van der Waals surface area contributed by atoms with E-state index in [0.29, 0.717) is 12.0 Å². The van der Waals surface area contributed by atoms with Crippen molar-refractivity contribution < 1.29 is 4.79 Å². The summed E-state index contributed by atoms with van der Waals surface area (Å²) < 4.78 is 2.00. The topological polar surface area (TPSA) is 51.0 Å². The van der Waals surface area contributed by atoms with E-state index in [9.17, 15) is 4.79 Å². The van der Waals surface area contributed by atoms with E-state index in [2.05, 4.69) is 36.1 Å². The summed E-state index contributed by atoms with van der Waals surface area (Å²) in [5, 5.41) is 4.39. The van der Waals surface area contributed by atoms with Gasteiger partial charge in [-0.05, 0) is 56.4 Å². The van der Waals surface area contributed by atoms with Crippen molar-refractivity contribution in [2.24, 2.45) is 5.92 Å². The molecule has 0 unspecified atom stereocenters. The molecule has 3 heterocycles. The fourth-order valence-corrected chi connectivity index (χ4v) is 3.29. The van der Waals surface area contributed by atoms with Crippen molar-refractivity contribution in [3.8, 4) is 11.4 Å². The number of nitrogens with zero attached hydrogens (tertiary/aromatic N) is 4. The highest BCUT2D eigenvalue weighted by Crippen LogP contribution is 2.24. The number of likely N-dealkylation sites (tertiary alicyclic amines) is 1. The van der Waals surface area contributed by atoms with E-state index in [1.165, 1.54) is 5.56 Å². The van der Waals surface area contributed by atoms with Crippen LogP contribution < -0.4 is 0 Å². The van der Waals surface area contributed by atoms with Crippen molar-refractivity contribution in [1.29, 1.82) is 0 Å². The van der Waals surface area contributed by atoms with Crippen LogP contribution in [0.25, 0.3) is 11.4 Å². The maximum atomic E-state index is 11.5. The van der Waals surface area contributed by atoms with E-state index in [1.54, 1.807) is 6.92 Å². The first kappa shape index (κ1) is 15.7. The molecule has 1 fully saturated rings. The quantitative estimate of drug-likeness (QED) is 0.872. The number of carbonyl (C=O) groups excluding carboxylic acids is 1. The smallest absolute Gasteiger partial charge is 0.219 e. The second-order valence-corrected chi connectivity index (χ2v) is 6.63. The van der Waals surface area contributed by atoms with E-state index in [1.807, 2.05) is 28.0 Å². The predicted octanol–water partition coefficient (Wildman–Crippen LogP) is 2.94. The first-order chi connectivity index (χ1) is 11.0. The molecular formula is C18H24N4O. The molecule has 1 amide bonds. The van der Waals surface area contributed by atoms with E-state index < -0.39 is 0 Å². The summed E-state index contributed by atoms with van der Waals surface area (Å²) in [5.74, 6) is 0.730. The number of rotatable bonds is 4. The fraction of sp³-hybridized carbons (Fsp3) is 0.500. The van der Waals surface area contributed by atoms with Crippen molar-refractivity contribution in [3.63, 3.8) is 0 Å². The van der Waals surface area contributed by atoms with Crippen LogP contribution in [0.1, 0.15) is 38.8 Å². The maximum Gasteiger partial charge on any atom is 0.219 e. The SMILES string of the molecule is CC(=O)N1CC[C@@H](Cc2ccnc(-c3ccnn3C(C)C)c2)C1. The van der Waals surface area contributed by atoms with Crippen LogP contribution in [0, 0.1) is 5.92 Å². The summed E-state index contributed by atoms with van der Waals surface area (Å²) in [4.78, 5) is 17.9. The Labute approximate surface area is 137 Å². The van der Waals surface area contributed by atoms with Crippen molar-refractivity contribution >= 4 is 5.91 Å². The largest absolute Gasteiger partial charge is 0.343 e. The second-order valence-electron chi connectivity index (χ2n) is 6.63. The Balaban J connectivity index is 1.76. The zero-order valence-corrected chi connectivity index (χ0v) is 14.1. The third kappa shape index (κ3) is 3.44. The Morgan fingerprint density at radius 2 is 2.17 bits per heavy atom. The zero-order chi connectivity index (χ0) is 16.4. The van der Waals surface area contributed by atoms with E-state index in [-0.39, 0.29) is 5.91 Å². The van der Waals surface area contributed by atoms with E-state index in [4.69, 9.17) is 0 Å².